The van der Waals surface area contributed by atoms with Crippen LogP contribution in [0.2, 0.25) is 0 Å². The van der Waals surface area contributed by atoms with Crippen LogP contribution < -0.4 is 11.3 Å². The Morgan fingerprint density at radius 1 is 1.12 bits per heavy atom. The average Bonchev–Trinajstić information content (AvgIpc) is 2.63. The predicted molar refractivity (Wildman–Crippen MR) is 66.3 cm³/mol. The summed E-state index contributed by atoms with van der Waals surface area (Å²) >= 11 is 0. The van der Waals surface area contributed by atoms with Crippen LogP contribution in [0.25, 0.3) is 11.3 Å². The Morgan fingerprint density at radius 3 is 2.44 bits per heavy atom. The van der Waals surface area contributed by atoms with Gasteiger partial charge in [-0.25, -0.2) is 0 Å². The number of aromatic amines is 2. The van der Waals surface area contributed by atoms with Crippen molar-refractivity contribution < 1.29 is 0 Å². The molecule has 16 heavy (non-hydrogen) atoms. The van der Waals surface area contributed by atoms with Crippen molar-refractivity contribution in [3.05, 3.63) is 46.2 Å². The summed E-state index contributed by atoms with van der Waals surface area (Å²) in [5, 5.41) is 5.47. The first kappa shape index (κ1) is 12.3. The van der Waals surface area contributed by atoms with Crippen LogP contribution in [0.1, 0.15) is 13.0 Å². The molecule has 0 saturated carbocycles. The van der Waals surface area contributed by atoms with Gasteiger partial charge in [0.25, 0.3) is 5.56 Å². The van der Waals surface area contributed by atoms with E-state index in [1.54, 1.807) is 0 Å². The van der Waals surface area contributed by atoms with Gasteiger partial charge < -0.3 is 5.73 Å². The molecule has 1 aromatic carbocycles. The van der Waals surface area contributed by atoms with E-state index in [1.165, 1.54) is 0 Å². The van der Waals surface area contributed by atoms with Crippen LogP contribution in [-0.4, -0.2) is 16.7 Å². The highest BCUT2D eigenvalue weighted by Crippen LogP contribution is 2.18. The van der Waals surface area contributed by atoms with Gasteiger partial charge in [-0.15, -0.1) is 0 Å². The molecule has 2 rings (SSSR count). The fourth-order valence-electron chi connectivity index (χ4n) is 1.62. The molecule has 0 spiro atoms. The minimum absolute atomic E-state index is 0. The predicted octanol–water partition coefficient (Wildman–Crippen LogP) is 1.51. The number of aromatic nitrogens is 2. The van der Waals surface area contributed by atoms with Crippen LogP contribution in [0.5, 0.6) is 0 Å². The molecule has 4 heteroatoms. The van der Waals surface area contributed by atoms with Crippen molar-refractivity contribution in [3.63, 3.8) is 0 Å². The molecule has 0 amide bonds. The molecular formula is C12H17N3O. The summed E-state index contributed by atoms with van der Waals surface area (Å²) < 4.78 is 0. The van der Waals surface area contributed by atoms with E-state index in [4.69, 9.17) is 5.73 Å². The number of hydrogen-bond acceptors (Lipinski definition) is 2. The largest absolute Gasteiger partial charge is 0.330 e. The lowest BCUT2D eigenvalue weighted by molar-refractivity contribution is 0.960. The second-order valence-electron chi connectivity index (χ2n) is 3.34. The smallest absolute Gasteiger partial charge is 0.267 e. The van der Waals surface area contributed by atoms with Gasteiger partial charge >= 0.3 is 0 Å². The topological polar surface area (TPSA) is 74.7 Å². The maximum Gasteiger partial charge on any atom is 0.267 e. The fraction of sp³-hybridized carbons (Fsp3) is 0.250. The molecule has 0 fully saturated rings. The molecule has 0 atom stereocenters. The molecule has 0 saturated heterocycles. The van der Waals surface area contributed by atoms with E-state index in [2.05, 4.69) is 10.2 Å². The summed E-state index contributed by atoms with van der Waals surface area (Å²) in [6, 6.07) is 9.73. The Balaban J connectivity index is 0.00000128. The summed E-state index contributed by atoms with van der Waals surface area (Å²) in [4.78, 5) is 11.5. The Morgan fingerprint density at radius 2 is 1.81 bits per heavy atom. The summed E-state index contributed by atoms with van der Waals surface area (Å²) in [7, 11) is 0. The van der Waals surface area contributed by atoms with E-state index in [0.717, 1.165) is 16.8 Å². The maximum atomic E-state index is 11.5. The molecule has 4 N–H and O–H groups in total. The van der Waals surface area contributed by atoms with Gasteiger partial charge in [-0.3, -0.25) is 15.0 Å². The van der Waals surface area contributed by atoms with Crippen molar-refractivity contribution in [2.24, 2.45) is 5.73 Å². The SMILES string of the molecule is C.NCCc1c(-c2ccccc2)[nH][nH]c1=O. The summed E-state index contributed by atoms with van der Waals surface area (Å²) in [6.07, 6.45) is 0.586. The van der Waals surface area contributed by atoms with Gasteiger partial charge in [-0.2, -0.15) is 0 Å². The summed E-state index contributed by atoms with van der Waals surface area (Å²) in [5.74, 6) is 0. The minimum Gasteiger partial charge on any atom is -0.330 e. The number of hydrogen-bond donors (Lipinski definition) is 3. The molecule has 0 aliphatic carbocycles. The highest BCUT2D eigenvalue weighted by Gasteiger charge is 2.09. The van der Waals surface area contributed by atoms with Crippen LogP contribution >= 0.6 is 0 Å². The molecule has 2 aromatic rings. The third kappa shape index (κ3) is 2.23. The van der Waals surface area contributed by atoms with E-state index in [1.807, 2.05) is 30.3 Å². The molecule has 0 aliphatic heterocycles. The van der Waals surface area contributed by atoms with Crippen molar-refractivity contribution >= 4 is 0 Å². The molecule has 0 unspecified atom stereocenters. The lowest BCUT2D eigenvalue weighted by Gasteiger charge is -2.00. The molecule has 0 radical (unpaired) electrons. The Labute approximate surface area is 94.5 Å². The Bertz CT molecular complexity index is 484. The zero-order valence-corrected chi connectivity index (χ0v) is 8.29. The number of nitrogens with one attached hydrogen (secondary N) is 2. The van der Waals surface area contributed by atoms with Crippen LogP contribution in [-0.2, 0) is 6.42 Å². The van der Waals surface area contributed by atoms with Gasteiger partial charge in [0.2, 0.25) is 0 Å². The quantitative estimate of drug-likeness (QED) is 0.732. The van der Waals surface area contributed by atoms with Gasteiger partial charge in [-0.1, -0.05) is 37.8 Å². The van der Waals surface area contributed by atoms with Crippen molar-refractivity contribution in [2.45, 2.75) is 13.8 Å². The van der Waals surface area contributed by atoms with Crippen molar-refractivity contribution in [2.75, 3.05) is 6.54 Å². The van der Waals surface area contributed by atoms with Crippen LogP contribution in [0.3, 0.4) is 0 Å². The van der Waals surface area contributed by atoms with E-state index in [-0.39, 0.29) is 13.0 Å². The molecule has 1 aromatic heterocycles. The lowest BCUT2D eigenvalue weighted by atomic mass is 10.1. The first-order valence-corrected chi connectivity index (χ1v) is 4.88. The van der Waals surface area contributed by atoms with Gasteiger partial charge in [0.15, 0.2) is 0 Å². The van der Waals surface area contributed by atoms with Gasteiger partial charge in [0.1, 0.15) is 0 Å². The molecule has 0 aliphatic rings. The molecule has 86 valence electrons. The zero-order valence-electron chi connectivity index (χ0n) is 8.29. The van der Waals surface area contributed by atoms with Crippen molar-refractivity contribution in [1.82, 2.24) is 10.2 Å². The standard InChI is InChI=1S/C11H13N3O.CH4/c12-7-6-9-10(13-14-11(9)15)8-4-2-1-3-5-8;/h1-5H,6-7,12H2,(H2,13,14,15);1H4. The third-order valence-electron chi connectivity index (χ3n) is 2.33. The fourth-order valence-corrected chi connectivity index (χ4v) is 1.62. The molecule has 0 bridgehead atoms. The minimum atomic E-state index is -0.0840. The highest BCUT2D eigenvalue weighted by atomic mass is 16.1. The molecule has 4 nitrogen and oxygen atoms in total. The number of rotatable bonds is 3. The number of benzene rings is 1. The van der Waals surface area contributed by atoms with Crippen molar-refractivity contribution in [1.29, 1.82) is 0 Å². The van der Waals surface area contributed by atoms with E-state index >= 15 is 0 Å². The van der Waals surface area contributed by atoms with Gasteiger partial charge in [0, 0.05) is 5.56 Å². The van der Waals surface area contributed by atoms with E-state index in [0.29, 0.717) is 13.0 Å². The lowest BCUT2D eigenvalue weighted by Crippen LogP contribution is -2.12. The summed E-state index contributed by atoms with van der Waals surface area (Å²) in [6.45, 7) is 0.473. The molecular weight excluding hydrogens is 202 g/mol. The first-order chi connectivity index (χ1) is 7.33. The van der Waals surface area contributed by atoms with Crippen LogP contribution in [0, 0.1) is 0 Å². The Hall–Kier alpha value is -1.81. The van der Waals surface area contributed by atoms with Crippen LogP contribution in [0.15, 0.2) is 35.1 Å². The summed E-state index contributed by atoms with van der Waals surface area (Å²) in [5.41, 5.74) is 7.95. The zero-order chi connectivity index (χ0) is 10.7. The third-order valence-corrected chi connectivity index (χ3v) is 2.33. The number of nitrogens with two attached hydrogens (primary N) is 1. The van der Waals surface area contributed by atoms with Crippen LogP contribution in [0.4, 0.5) is 0 Å². The van der Waals surface area contributed by atoms with E-state index in [9.17, 15) is 4.79 Å². The van der Waals surface area contributed by atoms with E-state index < -0.39 is 0 Å². The number of H-pyrrole nitrogens is 2. The monoisotopic (exact) mass is 219 g/mol. The Kier molecular flexibility index (Phi) is 4.08. The second-order valence-corrected chi connectivity index (χ2v) is 3.34. The van der Waals surface area contributed by atoms with Gasteiger partial charge in [0.05, 0.1) is 5.69 Å². The van der Waals surface area contributed by atoms with Crippen molar-refractivity contribution in [3.8, 4) is 11.3 Å². The normalized spacial score (nSPS) is 9.81. The maximum absolute atomic E-state index is 11.5. The molecule has 1 heterocycles. The first-order valence-electron chi connectivity index (χ1n) is 4.88. The van der Waals surface area contributed by atoms with Gasteiger partial charge in [-0.05, 0) is 18.5 Å². The average molecular weight is 219 g/mol. The second kappa shape index (κ2) is 5.32. The highest BCUT2D eigenvalue weighted by molar-refractivity contribution is 5.62.